The van der Waals surface area contributed by atoms with Gasteiger partial charge in [-0.15, -0.1) is 0 Å². The van der Waals surface area contributed by atoms with E-state index >= 15 is 0 Å². The van der Waals surface area contributed by atoms with Crippen LogP contribution >= 0.6 is 0 Å². The number of amides is 3. The molecule has 0 N–H and O–H groups in total. The summed E-state index contributed by atoms with van der Waals surface area (Å²) in [4.78, 5) is 38.0. The molecule has 1 aliphatic heterocycles. The van der Waals surface area contributed by atoms with Crippen LogP contribution in [-0.4, -0.2) is 47.2 Å². The molecule has 1 aromatic rings. The summed E-state index contributed by atoms with van der Waals surface area (Å²) < 4.78 is 0. The fraction of sp³-hybridized carbons (Fsp3) is 0.214. The molecule has 104 valence electrons. The summed E-state index contributed by atoms with van der Waals surface area (Å²) in [7, 11) is 0. The van der Waals surface area contributed by atoms with Crippen LogP contribution in [-0.2, 0) is 4.79 Å². The number of rotatable bonds is 4. The highest BCUT2D eigenvalue weighted by atomic mass is 16.2. The number of imide groups is 1. The summed E-state index contributed by atoms with van der Waals surface area (Å²) in [5, 5.41) is 17.2. The molecule has 1 aliphatic rings. The van der Waals surface area contributed by atoms with E-state index in [2.05, 4.69) is 0 Å². The zero-order valence-electron chi connectivity index (χ0n) is 10.9. The Balaban J connectivity index is 2.17. The molecule has 21 heavy (non-hydrogen) atoms. The number of hydrogen-bond donors (Lipinski definition) is 0. The van der Waals surface area contributed by atoms with Gasteiger partial charge < -0.3 is 4.90 Å². The number of hydrogen-bond acceptors (Lipinski definition) is 5. The predicted molar refractivity (Wildman–Crippen MR) is 69.6 cm³/mol. The fourth-order valence-electron chi connectivity index (χ4n) is 2.02. The quantitative estimate of drug-likeness (QED) is 0.577. The molecule has 1 heterocycles. The Hall–Kier alpha value is -3.19. The maximum absolute atomic E-state index is 12.1. The van der Waals surface area contributed by atoms with Gasteiger partial charge in [-0.05, 0) is 12.1 Å². The standard InChI is InChI=1S/C14H10N4O3/c15-5-7-17(8-6-16)12(19)9-18-13(20)10-3-1-2-4-11(10)14(18)21/h1-4H,7-9H2. The highest BCUT2D eigenvalue weighted by Gasteiger charge is 2.36. The minimum absolute atomic E-state index is 0.252. The largest absolute Gasteiger partial charge is 0.314 e. The Kier molecular flexibility index (Phi) is 3.96. The first-order chi connectivity index (χ1) is 10.1. The SMILES string of the molecule is N#CCN(CC#N)C(=O)CN1C(=O)c2ccccc2C1=O. The van der Waals surface area contributed by atoms with E-state index in [0.717, 1.165) is 9.80 Å². The molecule has 3 amide bonds. The molecule has 0 radical (unpaired) electrons. The van der Waals surface area contributed by atoms with E-state index in [-0.39, 0.29) is 24.2 Å². The zero-order valence-corrected chi connectivity index (χ0v) is 10.9. The lowest BCUT2D eigenvalue weighted by Crippen LogP contribution is -2.43. The summed E-state index contributed by atoms with van der Waals surface area (Å²) in [5.41, 5.74) is 0.504. The Morgan fingerprint density at radius 2 is 1.52 bits per heavy atom. The smallest absolute Gasteiger partial charge is 0.262 e. The van der Waals surface area contributed by atoms with Gasteiger partial charge in [0.05, 0.1) is 23.3 Å². The first-order valence-corrected chi connectivity index (χ1v) is 6.07. The maximum Gasteiger partial charge on any atom is 0.262 e. The van der Waals surface area contributed by atoms with Crippen molar-refractivity contribution < 1.29 is 14.4 Å². The highest BCUT2D eigenvalue weighted by molar-refractivity contribution is 6.22. The van der Waals surface area contributed by atoms with E-state index < -0.39 is 24.3 Å². The summed E-state index contributed by atoms with van der Waals surface area (Å²) in [6.07, 6.45) is 0. The van der Waals surface area contributed by atoms with E-state index in [9.17, 15) is 14.4 Å². The molecular formula is C14H10N4O3. The van der Waals surface area contributed by atoms with Crippen molar-refractivity contribution in [1.82, 2.24) is 9.80 Å². The summed E-state index contributed by atoms with van der Waals surface area (Å²) in [6.45, 7) is -1.01. The number of nitriles is 2. The third-order valence-corrected chi connectivity index (χ3v) is 3.05. The molecule has 0 bridgehead atoms. The molecule has 0 saturated heterocycles. The van der Waals surface area contributed by atoms with Crippen LogP contribution in [0.4, 0.5) is 0 Å². The van der Waals surface area contributed by atoms with Crippen LogP contribution in [0.5, 0.6) is 0 Å². The topological polar surface area (TPSA) is 105 Å². The number of carbonyl (C=O) groups is 3. The van der Waals surface area contributed by atoms with E-state index in [1.807, 2.05) is 0 Å². The second kappa shape index (κ2) is 5.85. The lowest BCUT2D eigenvalue weighted by Gasteiger charge is -2.19. The van der Waals surface area contributed by atoms with Crippen molar-refractivity contribution in [1.29, 1.82) is 10.5 Å². The molecule has 0 saturated carbocycles. The number of benzene rings is 1. The van der Waals surface area contributed by atoms with Crippen molar-refractivity contribution in [2.45, 2.75) is 0 Å². The van der Waals surface area contributed by atoms with Crippen LogP contribution in [0, 0.1) is 22.7 Å². The van der Waals surface area contributed by atoms with Gasteiger partial charge in [-0.25, -0.2) is 0 Å². The molecule has 0 atom stereocenters. The average molecular weight is 282 g/mol. The van der Waals surface area contributed by atoms with Crippen LogP contribution in [0.2, 0.25) is 0 Å². The molecule has 0 aliphatic carbocycles. The number of carbonyl (C=O) groups excluding carboxylic acids is 3. The number of fused-ring (bicyclic) bond motifs is 1. The predicted octanol–water partition coefficient (Wildman–Crippen LogP) is 0.158. The van der Waals surface area contributed by atoms with E-state index in [1.54, 1.807) is 24.3 Å². The first-order valence-electron chi connectivity index (χ1n) is 6.07. The lowest BCUT2D eigenvalue weighted by molar-refractivity contribution is -0.130. The second-order valence-electron chi connectivity index (χ2n) is 4.31. The van der Waals surface area contributed by atoms with E-state index in [0.29, 0.717) is 0 Å². The minimum atomic E-state index is -0.618. The molecule has 0 unspecified atom stereocenters. The maximum atomic E-state index is 12.1. The third kappa shape index (κ3) is 2.58. The van der Waals surface area contributed by atoms with Crippen molar-refractivity contribution in [2.75, 3.05) is 19.6 Å². The van der Waals surface area contributed by atoms with Gasteiger partial charge in [-0.1, -0.05) is 12.1 Å². The lowest BCUT2D eigenvalue weighted by atomic mass is 10.1. The molecular weight excluding hydrogens is 272 g/mol. The normalized spacial score (nSPS) is 12.6. The van der Waals surface area contributed by atoms with Crippen LogP contribution in [0.15, 0.2) is 24.3 Å². The van der Waals surface area contributed by atoms with E-state index in [1.165, 1.54) is 12.1 Å². The second-order valence-corrected chi connectivity index (χ2v) is 4.31. The van der Waals surface area contributed by atoms with E-state index in [4.69, 9.17) is 10.5 Å². The van der Waals surface area contributed by atoms with Gasteiger partial charge in [-0.3, -0.25) is 19.3 Å². The Morgan fingerprint density at radius 3 is 1.95 bits per heavy atom. The zero-order chi connectivity index (χ0) is 15.4. The summed E-state index contributed by atoms with van der Waals surface area (Å²) >= 11 is 0. The molecule has 0 fully saturated rings. The van der Waals surface area contributed by atoms with Gasteiger partial charge in [0.25, 0.3) is 11.8 Å². The molecule has 0 spiro atoms. The Labute approximate surface area is 120 Å². The van der Waals surface area contributed by atoms with Gasteiger partial charge in [0.1, 0.15) is 19.6 Å². The Bertz CT molecular complexity index is 648. The molecule has 1 aromatic carbocycles. The van der Waals surface area contributed by atoms with Gasteiger partial charge in [0.2, 0.25) is 5.91 Å². The summed E-state index contributed by atoms with van der Waals surface area (Å²) in [6, 6.07) is 9.82. The summed E-state index contributed by atoms with van der Waals surface area (Å²) in [5.74, 6) is -1.71. The van der Waals surface area contributed by atoms with Crippen molar-refractivity contribution in [3.05, 3.63) is 35.4 Å². The van der Waals surface area contributed by atoms with Crippen LogP contribution < -0.4 is 0 Å². The molecule has 0 aromatic heterocycles. The Morgan fingerprint density at radius 1 is 1.05 bits per heavy atom. The highest BCUT2D eigenvalue weighted by Crippen LogP contribution is 2.22. The van der Waals surface area contributed by atoms with Gasteiger partial charge >= 0.3 is 0 Å². The third-order valence-electron chi connectivity index (χ3n) is 3.05. The van der Waals surface area contributed by atoms with Crippen molar-refractivity contribution in [3.8, 4) is 12.1 Å². The molecule has 7 nitrogen and oxygen atoms in total. The van der Waals surface area contributed by atoms with Gasteiger partial charge in [0, 0.05) is 0 Å². The number of nitrogens with zero attached hydrogens (tertiary/aromatic N) is 4. The van der Waals surface area contributed by atoms with Gasteiger partial charge in [0.15, 0.2) is 0 Å². The van der Waals surface area contributed by atoms with Crippen LogP contribution in [0.1, 0.15) is 20.7 Å². The van der Waals surface area contributed by atoms with Gasteiger partial charge in [-0.2, -0.15) is 10.5 Å². The molecule has 2 rings (SSSR count). The first kappa shape index (κ1) is 14.2. The average Bonchev–Trinajstić information content (AvgIpc) is 2.72. The van der Waals surface area contributed by atoms with Crippen LogP contribution in [0.25, 0.3) is 0 Å². The fourth-order valence-corrected chi connectivity index (χ4v) is 2.02. The molecule has 7 heteroatoms. The minimum Gasteiger partial charge on any atom is -0.314 e. The van der Waals surface area contributed by atoms with Crippen molar-refractivity contribution >= 4 is 17.7 Å². The monoisotopic (exact) mass is 282 g/mol. The van der Waals surface area contributed by atoms with Crippen molar-refractivity contribution in [2.24, 2.45) is 0 Å². The van der Waals surface area contributed by atoms with Crippen LogP contribution in [0.3, 0.4) is 0 Å². The van der Waals surface area contributed by atoms with Crippen molar-refractivity contribution in [3.63, 3.8) is 0 Å².